The Morgan fingerprint density at radius 1 is 1.24 bits per heavy atom. The first-order chi connectivity index (χ1) is 10.0. The maximum Gasteiger partial charge on any atom is 0.240 e. The van der Waals surface area contributed by atoms with Crippen molar-refractivity contribution >= 4 is 15.7 Å². The average Bonchev–Trinajstić information content (AvgIpc) is 2.48. The lowest BCUT2D eigenvalue weighted by Crippen LogP contribution is -2.33. The fraction of sp³-hybridized carbons (Fsp3) is 0.600. The van der Waals surface area contributed by atoms with Gasteiger partial charge in [-0.25, -0.2) is 13.1 Å². The number of sulfonamides is 1. The molecule has 1 fully saturated rings. The van der Waals surface area contributed by atoms with Crippen LogP contribution >= 0.6 is 0 Å². The molecule has 2 rings (SSSR count). The summed E-state index contributed by atoms with van der Waals surface area (Å²) >= 11 is 0. The molecule has 1 aliphatic rings. The Morgan fingerprint density at radius 3 is 2.57 bits per heavy atom. The van der Waals surface area contributed by atoms with Gasteiger partial charge in [0, 0.05) is 24.9 Å². The molecular weight excluding hydrogens is 288 g/mol. The molecule has 2 unspecified atom stereocenters. The molecule has 0 radical (unpaired) electrons. The molecule has 21 heavy (non-hydrogen) atoms. The predicted molar refractivity (Wildman–Crippen MR) is 84.0 cm³/mol. The predicted octanol–water partition coefficient (Wildman–Crippen LogP) is 2.35. The van der Waals surface area contributed by atoms with Gasteiger partial charge >= 0.3 is 0 Å². The molecule has 0 aliphatic carbocycles. The van der Waals surface area contributed by atoms with E-state index in [0.717, 1.165) is 31.6 Å². The van der Waals surface area contributed by atoms with E-state index in [1.54, 1.807) is 19.1 Å². The van der Waals surface area contributed by atoms with Gasteiger partial charge in [0.15, 0.2) is 0 Å². The van der Waals surface area contributed by atoms with Gasteiger partial charge in [0.2, 0.25) is 10.0 Å². The third kappa shape index (κ3) is 4.43. The van der Waals surface area contributed by atoms with Crippen LogP contribution in [0.1, 0.15) is 33.1 Å². The largest absolute Gasteiger partial charge is 0.382 e. The molecule has 118 valence electrons. The summed E-state index contributed by atoms with van der Waals surface area (Å²) < 4.78 is 31.9. The molecule has 1 heterocycles. The lowest BCUT2D eigenvalue weighted by atomic mass is 10.0. The SMILES string of the molecule is CCNS(=O)(=O)c1ccc(NC2CCOC(CC)C2)cc1. The first kappa shape index (κ1) is 16.3. The second-order valence-corrected chi connectivity index (χ2v) is 7.06. The topological polar surface area (TPSA) is 67.4 Å². The molecule has 5 nitrogen and oxygen atoms in total. The molecule has 1 aromatic rings. The van der Waals surface area contributed by atoms with Gasteiger partial charge in [0.25, 0.3) is 0 Å². The second kappa shape index (κ2) is 7.24. The summed E-state index contributed by atoms with van der Waals surface area (Å²) in [7, 11) is -3.37. The Balaban J connectivity index is 1.99. The van der Waals surface area contributed by atoms with Crippen molar-refractivity contribution in [2.75, 3.05) is 18.5 Å². The minimum absolute atomic E-state index is 0.299. The summed E-state index contributed by atoms with van der Waals surface area (Å²) in [4.78, 5) is 0.299. The minimum Gasteiger partial charge on any atom is -0.382 e. The van der Waals surface area contributed by atoms with Crippen LogP contribution in [-0.4, -0.2) is 33.7 Å². The van der Waals surface area contributed by atoms with Crippen molar-refractivity contribution in [3.8, 4) is 0 Å². The van der Waals surface area contributed by atoms with Crippen LogP contribution in [0.3, 0.4) is 0 Å². The Bertz CT molecular complexity index is 543. The zero-order chi connectivity index (χ0) is 15.3. The van der Waals surface area contributed by atoms with E-state index in [1.807, 2.05) is 12.1 Å². The molecule has 0 saturated carbocycles. The number of ether oxygens (including phenoxy) is 1. The molecule has 0 amide bonds. The van der Waals surface area contributed by atoms with Crippen LogP contribution in [0, 0.1) is 0 Å². The molecule has 1 saturated heterocycles. The quantitative estimate of drug-likeness (QED) is 0.846. The van der Waals surface area contributed by atoms with Crippen molar-refractivity contribution in [1.29, 1.82) is 0 Å². The monoisotopic (exact) mass is 312 g/mol. The average molecular weight is 312 g/mol. The van der Waals surface area contributed by atoms with Gasteiger partial charge in [-0.05, 0) is 43.5 Å². The Morgan fingerprint density at radius 2 is 1.95 bits per heavy atom. The van der Waals surface area contributed by atoms with E-state index < -0.39 is 10.0 Å². The normalized spacial score (nSPS) is 23.0. The summed E-state index contributed by atoms with van der Waals surface area (Å²) in [6.45, 7) is 5.07. The van der Waals surface area contributed by atoms with E-state index in [-0.39, 0.29) is 0 Å². The summed E-state index contributed by atoms with van der Waals surface area (Å²) in [5, 5.41) is 3.46. The van der Waals surface area contributed by atoms with Gasteiger partial charge < -0.3 is 10.1 Å². The van der Waals surface area contributed by atoms with Crippen LogP contribution in [0.25, 0.3) is 0 Å². The lowest BCUT2D eigenvalue weighted by Gasteiger charge is -2.30. The van der Waals surface area contributed by atoms with E-state index in [9.17, 15) is 8.42 Å². The van der Waals surface area contributed by atoms with Gasteiger partial charge in [-0.2, -0.15) is 0 Å². The Kier molecular flexibility index (Phi) is 5.61. The summed E-state index contributed by atoms with van der Waals surface area (Å²) in [5.41, 5.74) is 0.951. The van der Waals surface area contributed by atoms with Crippen LogP contribution < -0.4 is 10.0 Å². The second-order valence-electron chi connectivity index (χ2n) is 5.29. The molecular formula is C15H24N2O3S. The highest BCUT2D eigenvalue weighted by molar-refractivity contribution is 7.89. The van der Waals surface area contributed by atoms with Crippen molar-refractivity contribution < 1.29 is 13.2 Å². The van der Waals surface area contributed by atoms with E-state index in [2.05, 4.69) is 17.0 Å². The Hall–Kier alpha value is -1.11. The van der Waals surface area contributed by atoms with Gasteiger partial charge in [0.05, 0.1) is 11.0 Å². The molecule has 0 bridgehead atoms. The van der Waals surface area contributed by atoms with Crippen LogP contribution in [0.5, 0.6) is 0 Å². The van der Waals surface area contributed by atoms with Crippen molar-refractivity contribution in [1.82, 2.24) is 4.72 Å². The molecule has 1 aliphatic heterocycles. The smallest absolute Gasteiger partial charge is 0.240 e. The molecule has 2 atom stereocenters. The minimum atomic E-state index is -3.37. The van der Waals surface area contributed by atoms with Crippen molar-refractivity contribution in [2.24, 2.45) is 0 Å². The van der Waals surface area contributed by atoms with E-state index in [1.165, 1.54) is 0 Å². The Labute approximate surface area is 127 Å². The van der Waals surface area contributed by atoms with Gasteiger partial charge in [-0.15, -0.1) is 0 Å². The fourth-order valence-electron chi connectivity index (χ4n) is 2.54. The van der Waals surface area contributed by atoms with Crippen molar-refractivity contribution in [2.45, 2.75) is 50.2 Å². The highest BCUT2D eigenvalue weighted by Gasteiger charge is 2.21. The van der Waals surface area contributed by atoms with Crippen LogP contribution in [0.4, 0.5) is 5.69 Å². The van der Waals surface area contributed by atoms with Gasteiger partial charge in [0.1, 0.15) is 0 Å². The van der Waals surface area contributed by atoms with E-state index in [0.29, 0.717) is 23.6 Å². The van der Waals surface area contributed by atoms with Crippen LogP contribution in [-0.2, 0) is 14.8 Å². The highest BCUT2D eigenvalue weighted by atomic mass is 32.2. The van der Waals surface area contributed by atoms with Gasteiger partial charge in [-0.1, -0.05) is 13.8 Å². The fourth-order valence-corrected chi connectivity index (χ4v) is 3.58. The first-order valence-electron chi connectivity index (χ1n) is 7.53. The number of hydrogen-bond donors (Lipinski definition) is 2. The molecule has 0 spiro atoms. The number of rotatable bonds is 6. The third-order valence-electron chi connectivity index (χ3n) is 3.69. The van der Waals surface area contributed by atoms with E-state index >= 15 is 0 Å². The van der Waals surface area contributed by atoms with Crippen molar-refractivity contribution in [3.63, 3.8) is 0 Å². The van der Waals surface area contributed by atoms with E-state index in [4.69, 9.17) is 4.74 Å². The van der Waals surface area contributed by atoms with Crippen molar-refractivity contribution in [3.05, 3.63) is 24.3 Å². The maximum absolute atomic E-state index is 11.9. The summed E-state index contributed by atoms with van der Waals surface area (Å²) in [6.07, 6.45) is 3.32. The van der Waals surface area contributed by atoms with Gasteiger partial charge in [-0.3, -0.25) is 0 Å². The summed E-state index contributed by atoms with van der Waals surface area (Å²) in [5.74, 6) is 0. The number of hydrogen-bond acceptors (Lipinski definition) is 4. The number of benzene rings is 1. The standard InChI is InChI=1S/C15H24N2O3S/c1-3-14-11-13(9-10-20-14)17-12-5-7-15(8-6-12)21(18,19)16-4-2/h5-8,13-14,16-17H,3-4,9-11H2,1-2H3. The molecule has 0 aromatic heterocycles. The molecule has 2 N–H and O–H groups in total. The number of nitrogens with one attached hydrogen (secondary N) is 2. The van der Waals surface area contributed by atoms with Crippen LogP contribution in [0.15, 0.2) is 29.2 Å². The summed E-state index contributed by atoms with van der Waals surface area (Å²) in [6, 6.07) is 7.30. The molecule has 6 heteroatoms. The first-order valence-corrected chi connectivity index (χ1v) is 9.01. The zero-order valence-electron chi connectivity index (χ0n) is 12.6. The van der Waals surface area contributed by atoms with Crippen LogP contribution in [0.2, 0.25) is 0 Å². The highest BCUT2D eigenvalue weighted by Crippen LogP contribution is 2.21. The molecule has 1 aromatic carbocycles. The zero-order valence-corrected chi connectivity index (χ0v) is 13.4. The number of anilines is 1. The maximum atomic E-state index is 11.9. The third-order valence-corrected chi connectivity index (χ3v) is 5.25. The lowest BCUT2D eigenvalue weighted by molar-refractivity contribution is 0.00925.